The molecule has 1 fully saturated rings. The largest absolute Gasteiger partial charge is 0.469 e. The van der Waals surface area contributed by atoms with Crippen molar-refractivity contribution in [3.05, 3.63) is 0 Å². The molecule has 1 atom stereocenters. The zero-order valence-electron chi connectivity index (χ0n) is 11.7. The number of hydrogen-bond acceptors (Lipinski definition) is 6. The molecule has 116 valence electrons. The second-order valence-electron chi connectivity index (χ2n) is 4.66. The Kier molecular flexibility index (Phi) is 6.31. The molecule has 20 heavy (non-hydrogen) atoms. The van der Waals surface area contributed by atoms with Gasteiger partial charge in [-0.1, -0.05) is 12.2 Å². The average Bonchev–Trinajstić information content (AvgIpc) is 2.44. The number of nitrogens with two attached hydrogens (primary N) is 1. The van der Waals surface area contributed by atoms with Crippen LogP contribution in [0.3, 0.4) is 0 Å². The Morgan fingerprint density at radius 3 is 2.35 bits per heavy atom. The van der Waals surface area contributed by atoms with Crippen molar-refractivity contribution in [1.82, 2.24) is 9.21 Å². The van der Waals surface area contributed by atoms with Crippen LogP contribution in [0.1, 0.15) is 13.3 Å². The lowest BCUT2D eigenvalue weighted by Gasteiger charge is -2.36. The Hall–Kier alpha value is -0.770. The number of sulfonamides is 1. The van der Waals surface area contributed by atoms with Crippen LogP contribution in [0.15, 0.2) is 0 Å². The SMILES string of the molecule is COC(=O)CCS(=O)(=O)N1CCN(C(C)C(N)=S)CC1. The maximum absolute atomic E-state index is 12.1. The second kappa shape index (κ2) is 7.30. The number of rotatable bonds is 6. The van der Waals surface area contributed by atoms with E-state index in [9.17, 15) is 13.2 Å². The molecule has 7 nitrogen and oxygen atoms in total. The maximum atomic E-state index is 12.1. The van der Waals surface area contributed by atoms with Gasteiger partial charge >= 0.3 is 5.97 Å². The standard InChI is InChI=1S/C11H21N3O4S2/c1-9(11(12)19)13-4-6-14(7-5-13)20(16,17)8-3-10(15)18-2/h9H,3-8H2,1-2H3,(H2,12,19). The molecule has 0 saturated carbocycles. The number of methoxy groups -OCH3 is 1. The Morgan fingerprint density at radius 2 is 1.90 bits per heavy atom. The Balaban J connectivity index is 2.52. The maximum Gasteiger partial charge on any atom is 0.306 e. The van der Waals surface area contributed by atoms with Crippen molar-refractivity contribution in [3.63, 3.8) is 0 Å². The lowest BCUT2D eigenvalue weighted by atomic mass is 10.2. The molecule has 0 spiro atoms. The van der Waals surface area contributed by atoms with Gasteiger partial charge in [-0.05, 0) is 6.92 Å². The highest BCUT2D eigenvalue weighted by Gasteiger charge is 2.29. The molecule has 1 heterocycles. The smallest absolute Gasteiger partial charge is 0.306 e. The summed E-state index contributed by atoms with van der Waals surface area (Å²) in [5.74, 6) is -0.737. The molecule has 0 radical (unpaired) electrons. The van der Waals surface area contributed by atoms with Crippen molar-refractivity contribution in [2.24, 2.45) is 5.73 Å². The fraction of sp³-hybridized carbons (Fsp3) is 0.818. The summed E-state index contributed by atoms with van der Waals surface area (Å²) in [5, 5.41) is 0. The fourth-order valence-corrected chi connectivity index (χ4v) is 3.54. The Bertz CT molecular complexity index is 458. The highest BCUT2D eigenvalue weighted by atomic mass is 32.2. The minimum Gasteiger partial charge on any atom is -0.469 e. The molecule has 2 N–H and O–H groups in total. The van der Waals surface area contributed by atoms with Crippen molar-refractivity contribution in [1.29, 1.82) is 0 Å². The van der Waals surface area contributed by atoms with E-state index in [1.165, 1.54) is 11.4 Å². The summed E-state index contributed by atoms with van der Waals surface area (Å²) in [4.78, 5) is 13.5. The zero-order valence-corrected chi connectivity index (χ0v) is 13.4. The molecule has 1 unspecified atom stereocenters. The molecule has 0 amide bonds. The van der Waals surface area contributed by atoms with Gasteiger partial charge in [0.25, 0.3) is 0 Å². The van der Waals surface area contributed by atoms with Crippen LogP contribution in [-0.4, -0.2) is 73.7 Å². The van der Waals surface area contributed by atoms with E-state index in [2.05, 4.69) is 9.64 Å². The van der Waals surface area contributed by atoms with E-state index in [4.69, 9.17) is 18.0 Å². The normalized spacial score (nSPS) is 19.5. The first-order valence-corrected chi connectivity index (χ1v) is 8.37. The van der Waals surface area contributed by atoms with Crippen LogP contribution in [0, 0.1) is 0 Å². The lowest BCUT2D eigenvalue weighted by Crippen LogP contribution is -2.54. The van der Waals surface area contributed by atoms with E-state index in [0.717, 1.165) is 0 Å². The van der Waals surface area contributed by atoms with Crippen molar-refractivity contribution in [3.8, 4) is 0 Å². The van der Waals surface area contributed by atoms with Crippen LogP contribution in [0.5, 0.6) is 0 Å². The average molecular weight is 323 g/mol. The molecule has 1 saturated heterocycles. The predicted octanol–water partition coefficient (Wildman–Crippen LogP) is -0.828. The van der Waals surface area contributed by atoms with Gasteiger partial charge in [0.1, 0.15) is 0 Å². The molecule has 9 heteroatoms. The molecule has 0 aliphatic carbocycles. The van der Waals surface area contributed by atoms with Gasteiger partial charge in [0, 0.05) is 26.2 Å². The summed E-state index contributed by atoms with van der Waals surface area (Å²) in [5.41, 5.74) is 5.59. The molecular formula is C11H21N3O4S2. The minimum atomic E-state index is -3.42. The van der Waals surface area contributed by atoms with Crippen molar-refractivity contribution in [2.45, 2.75) is 19.4 Å². The number of esters is 1. The van der Waals surface area contributed by atoms with Gasteiger partial charge in [0.15, 0.2) is 0 Å². The molecular weight excluding hydrogens is 302 g/mol. The molecule has 0 aromatic rings. The molecule has 0 aromatic carbocycles. The van der Waals surface area contributed by atoms with Crippen LogP contribution in [0.2, 0.25) is 0 Å². The number of carbonyl (C=O) groups is 1. The predicted molar refractivity (Wildman–Crippen MR) is 79.8 cm³/mol. The Labute approximate surface area is 125 Å². The number of thiocarbonyl (C=S) groups is 1. The zero-order chi connectivity index (χ0) is 15.3. The van der Waals surface area contributed by atoms with Gasteiger partial charge in [0.2, 0.25) is 10.0 Å². The van der Waals surface area contributed by atoms with Gasteiger partial charge in [0.05, 0.1) is 30.3 Å². The second-order valence-corrected chi connectivity index (χ2v) is 7.22. The summed E-state index contributed by atoms with van der Waals surface area (Å²) in [6.07, 6.45) is -0.123. The van der Waals surface area contributed by atoms with Gasteiger partial charge in [-0.25, -0.2) is 8.42 Å². The summed E-state index contributed by atoms with van der Waals surface area (Å²) in [6.45, 7) is 3.84. The molecule has 0 aromatic heterocycles. The number of ether oxygens (including phenoxy) is 1. The fourth-order valence-electron chi connectivity index (χ4n) is 1.99. The van der Waals surface area contributed by atoms with E-state index in [1.54, 1.807) is 0 Å². The number of nitrogens with zero attached hydrogens (tertiary/aromatic N) is 2. The summed E-state index contributed by atoms with van der Waals surface area (Å²) in [6, 6.07) is -0.0371. The first kappa shape index (κ1) is 17.3. The first-order valence-electron chi connectivity index (χ1n) is 6.36. The summed E-state index contributed by atoms with van der Waals surface area (Å²) >= 11 is 4.94. The third-order valence-electron chi connectivity index (χ3n) is 3.42. The van der Waals surface area contributed by atoms with Crippen LogP contribution >= 0.6 is 12.2 Å². The van der Waals surface area contributed by atoms with Gasteiger partial charge in [-0.3, -0.25) is 9.69 Å². The monoisotopic (exact) mass is 323 g/mol. The van der Waals surface area contributed by atoms with Crippen LogP contribution in [-0.2, 0) is 19.6 Å². The third-order valence-corrected chi connectivity index (χ3v) is 5.63. The molecule has 1 aliphatic rings. The molecule has 1 aliphatic heterocycles. The summed E-state index contributed by atoms with van der Waals surface area (Å²) in [7, 11) is -2.18. The van der Waals surface area contributed by atoms with E-state index in [0.29, 0.717) is 31.2 Å². The van der Waals surface area contributed by atoms with Crippen LogP contribution in [0.25, 0.3) is 0 Å². The molecule has 1 rings (SSSR count). The van der Waals surface area contributed by atoms with E-state index in [1.807, 2.05) is 6.92 Å². The highest BCUT2D eigenvalue weighted by Crippen LogP contribution is 2.11. The van der Waals surface area contributed by atoms with Gasteiger partial charge in [-0.2, -0.15) is 4.31 Å². The van der Waals surface area contributed by atoms with Crippen LogP contribution in [0.4, 0.5) is 0 Å². The minimum absolute atomic E-state index is 0.0371. The van der Waals surface area contributed by atoms with Crippen molar-refractivity contribution < 1.29 is 17.9 Å². The quantitative estimate of drug-likeness (QED) is 0.504. The van der Waals surface area contributed by atoms with E-state index in [-0.39, 0.29) is 18.2 Å². The van der Waals surface area contributed by atoms with E-state index < -0.39 is 16.0 Å². The highest BCUT2D eigenvalue weighted by molar-refractivity contribution is 7.89. The van der Waals surface area contributed by atoms with Crippen LogP contribution < -0.4 is 5.73 Å². The number of piperazine rings is 1. The summed E-state index contributed by atoms with van der Waals surface area (Å²) < 4.78 is 30.0. The van der Waals surface area contributed by atoms with Gasteiger partial charge in [-0.15, -0.1) is 0 Å². The van der Waals surface area contributed by atoms with Gasteiger partial charge < -0.3 is 10.5 Å². The lowest BCUT2D eigenvalue weighted by molar-refractivity contribution is -0.140. The van der Waals surface area contributed by atoms with Crippen molar-refractivity contribution >= 4 is 33.2 Å². The topological polar surface area (TPSA) is 92.9 Å². The molecule has 0 bridgehead atoms. The first-order chi connectivity index (χ1) is 9.27. The van der Waals surface area contributed by atoms with Crippen molar-refractivity contribution in [2.75, 3.05) is 39.0 Å². The third kappa shape index (κ3) is 4.65. The number of hydrogen-bond donors (Lipinski definition) is 1. The van der Waals surface area contributed by atoms with E-state index >= 15 is 0 Å². The number of carbonyl (C=O) groups excluding carboxylic acids is 1. The Morgan fingerprint density at radius 1 is 1.35 bits per heavy atom.